The maximum Gasteiger partial charge on any atom is 0.336 e. The second kappa shape index (κ2) is 6.72. The van der Waals surface area contributed by atoms with E-state index in [0.29, 0.717) is 18.6 Å². The zero-order chi connectivity index (χ0) is 18.4. The van der Waals surface area contributed by atoms with E-state index in [1.807, 2.05) is 19.1 Å². The molecule has 0 saturated heterocycles. The number of ether oxygens (including phenoxy) is 1. The number of hydrogen-bond acceptors (Lipinski definition) is 5. The van der Waals surface area contributed by atoms with Crippen LogP contribution < -0.4 is 5.32 Å². The van der Waals surface area contributed by atoms with Gasteiger partial charge in [0.25, 0.3) is 0 Å². The predicted molar refractivity (Wildman–Crippen MR) is 102 cm³/mol. The molecule has 2 heterocycles. The third-order valence-electron chi connectivity index (χ3n) is 4.61. The number of halogens is 1. The number of Topliss-reactive ketones (excluding diaryl/α,β-unsaturated/α-hetero) is 1. The van der Waals surface area contributed by atoms with Crippen LogP contribution in [0, 0.1) is 5.41 Å². The highest BCUT2D eigenvalue weighted by molar-refractivity contribution is 9.11. The fourth-order valence-corrected chi connectivity index (χ4v) is 5.23. The lowest BCUT2D eigenvalue weighted by Gasteiger charge is -2.39. The SMILES string of the molecule is CCOC(=O)C1=C(C)NC2=C(C(=O)CC(C)(C)C2)C1c1ccc(Br)s1. The summed E-state index contributed by atoms with van der Waals surface area (Å²) < 4.78 is 6.27. The predicted octanol–water partition coefficient (Wildman–Crippen LogP) is 4.68. The molecule has 2 aliphatic rings. The molecule has 0 saturated carbocycles. The van der Waals surface area contributed by atoms with Gasteiger partial charge in [0, 0.05) is 28.3 Å². The quantitative estimate of drug-likeness (QED) is 0.717. The molecule has 3 rings (SSSR count). The van der Waals surface area contributed by atoms with Gasteiger partial charge in [0.05, 0.1) is 21.9 Å². The third-order valence-corrected chi connectivity index (χ3v) is 6.30. The fraction of sp³-hybridized carbons (Fsp3) is 0.474. The fourth-order valence-electron chi connectivity index (χ4n) is 3.68. The first kappa shape index (κ1) is 18.4. The Kier molecular flexibility index (Phi) is 4.95. The molecule has 1 atom stereocenters. The molecule has 0 bridgehead atoms. The molecule has 0 aromatic carbocycles. The molecule has 1 aromatic heterocycles. The monoisotopic (exact) mass is 423 g/mol. The van der Waals surface area contributed by atoms with Crippen LogP contribution in [0.3, 0.4) is 0 Å². The van der Waals surface area contributed by atoms with Crippen LogP contribution in [-0.4, -0.2) is 18.4 Å². The van der Waals surface area contributed by atoms with Crippen LogP contribution in [0.5, 0.6) is 0 Å². The van der Waals surface area contributed by atoms with E-state index in [2.05, 4.69) is 35.1 Å². The van der Waals surface area contributed by atoms with Gasteiger partial charge < -0.3 is 10.1 Å². The van der Waals surface area contributed by atoms with Crippen LogP contribution in [0.2, 0.25) is 0 Å². The third kappa shape index (κ3) is 3.47. The number of carbonyl (C=O) groups is 2. The van der Waals surface area contributed by atoms with Gasteiger partial charge in [-0.3, -0.25) is 4.79 Å². The molecule has 0 fully saturated rings. The summed E-state index contributed by atoms with van der Waals surface area (Å²) >= 11 is 5.05. The Bertz CT molecular complexity index is 803. The Morgan fingerprint density at radius 1 is 1.40 bits per heavy atom. The number of thiophene rings is 1. The van der Waals surface area contributed by atoms with Crippen LogP contribution >= 0.6 is 27.3 Å². The normalized spacial score (nSPS) is 22.6. The Balaban J connectivity index is 2.15. The van der Waals surface area contributed by atoms with Gasteiger partial charge in [-0.05, 0) is 53.7 Å². The highest BCUT2D eigenvalue weighted by atomic mass is 79.9. The average Bonchev–Trinajstić information content (AvgIpc) is 2.90. The Morgan fingerprint density at radius 3 is 2.72 bits per heavy atom. The lowest BCUT2D eigenvalue weighted by Crippen LogP contribution is -2.38. The zero-order valence-electron chi connectivity index (χ0n) is 14.9. The number of dihydropyridines is 1. The number of nitrogens with one attached hydrogen (secondary N) is 1. The molecular formula is C19H22BrNO3S. The van der Waals surface area contributed by atoms with E-state index >= 15 is 0 Å². The molecule has 6 heteroatoms. The summed E-state index contributed by atoms with van der Waals surface area (Å²) in [4.78, 5) is 26.6. The molecule has 1 aliphatic carbocycles. The minimum Gasteiger partial charge on any atom is -0.463 e. The second-order valence-electron chi connectivity index (χ2n) is 7.29. The number of hydrogen-bond donors (Lipinski definition) is 1. The molecule has 0 radical (unpaired) electrons. The van der Waals surface area contributed by atoms with Crippen molar-refractivity contribution >= 4 is 39.0 Å². The first-order valence-electron chi connectivity index (χ1n) is 8.40. The minimum atomic E-state index is -0.355. The summed E-state index contributed by atoms with van der Waals surface area (Å²) in [5.74, 6) is -0.594. The summed E-state index contributed by atoms with van der Waals surface area (Å²) in [5.41, 5.74) is 2.91. The number of ketones is 1. The van der Waals surface area contributed by atoms with Gasteiger partial charge in [-0.25, -0.2) is 4.79 Å². The lowest BCUT2D eigenvalue weighted by atomic mass is 9.70. The summed E-state index contributed by atoms with van der Waals surface area (Å²) in [6.07, 6.45) is 1.29. The largest absolute Gasteiger partial charge is 0.463 e. The second-order valence-corrected chi connectivity index (χ2v) is 9.79. The average molecular weight is 424 g/mol. The van der Waals surface area contributed by atoms with Crippen molar-refractivity contribution in [1.82, 2.24) is 5.32 Å². The molecule has 134 valence electrons. The molecule has 0 amide bonds. The van der Waals surface area contributed by atoms with Crippen molar-refractivity contribution < 1.29 is 14.3 Å². The zero-order valence-corrected chi connectivity index (χ0v) is 17.3. The summed E-state index contributed by atoms with van der Waals surface area (Å²) in [6, 6.07) is 3.94. The Labute approximate surface area is 160 Å². The maximum absolute atomic E-state index is 13.0. The van der Waals surface area contributed by atoms with Crippen LogP contribution in [0.4, 0.5) is 0 Å². The molecule has 1 aromatic rings. The topological polar surface area (TPSA) is 55.4 Å². The summed E-state index contributed by atoms with van der Waals surface area (Å²) in [7, 11) is 0. The van der Waals surface area contributed by atoms with E-state index in [9.17, 15) is 9.59 Å². The van der Waals surface area contributed by atoms with E-state index in [4.69, 9.17) is 4.74 Å². The Hall–Kier alpha value is -1.40. The number of rotatable bonds is 3. The first-order valence-corrected chi connectivity index (χ1v) is 10.0. The van der Waals surface area contributed by atoms with Gasteiger partial charge in [-0.1, -0.05) is 13.8 Å². The molecule has 1 aliphatic heterocycles. The number of allylic oxidation sites excluding steroid dienone is 3. The van der Waals surface area contributed by atoms with Crippen molar-refractivity contribution in [3.8, 4) is 0 Å². The van der Waals surface area contributed by atoms with Crippen LogP contribution in [0.25, 0.3) is 0 Å². The smallest absolute Gasteiger partial charge is 0.336 e. The van der Waals surface area contributed by atoms with Crippen molar-refractivity contribution in [3.63, 3.8) is 0 Å². The van der Waals surface area contributed by atoms with E-state index < -0.39 is 0 Å². The minimum absolute atomic E-state index is 0.0782. The highest BCUT2D eigenvalue weighted by Crippen LogP contribution is 2.48. The van der Waals surface area contributed by atoms with E-state index in [1.54, 1.807) is 18.3 Å². The Morgan fingerprint density at radius 2 is 2.12 bits per heavy atom. The van der Waals surface area contributed by atoms with E-state index in [0.717, 1.165) is 32.1 Å². The van der Waals surface area contributed by atoms with Gasteiger partial charge >= 0.3 is 5.97 Å². The summed E-state index contributed by atoms with van der Waals surface area (Å²) in [5, 5.41) is 3.33. The van der Waals surface area contributed by atoms with Gasteiger partial charge in [0.2, 0.25) is 0 Å². The van der Waals surface area contributed by atoms with Crippen molar-refractivity contribution in [2.45, 2.75) is 46.5 Å². The summed E-state index contributed by atoms with van der Waals surface area (Å²) in [6.45, 7) is 8.20. The van der Waals surface area contributed by atoms with Crippen LogP contribution in [0.15, 0.2) is 38.5 Å². The maximum atomic E-state index is 13.0. The molecule has 1 unspecified atom stereocenters. The molecule has 1 N–H and O–H groups in total. The standard InChI is InChI=1S/C19H22BrNO3S/c1-5-24-18(23)15-10(2)21-11-8-19(3,4)9-12(22)16(11)17(15)13-6-7-14(20)25-13/h6-7,17,21H,5,8-9H2,1-4H3. The van der Waals surface area contributed by atoms with Gasteiger partial charge in [-0.15, -0.1) is 11.3 Å². The molecular weight excluding hydrogens is 402 g/mol. The van der Waals surface area contributed by atoms with Crippen LogP contribution in [0.1, 0.15) is 51.3 Å². The molecule has 4 nitrogen and oxygen atoms in total. The lowest BCUT2D eigenvalue weighted by molar-refractivity contribution is -0.138. The number of carbonyl (C=O) groups excluding carboxylic acids is 2. The molecule has 0 spiro atoms. The van der Waals surface area contributed by atoms with E-state index in [1.165, 1.54) is 0 Å². The molecule has 25 heavy (non-hydrogen) atoms. The van der Waals surface area contributed by atoms with Crippen molar-refractivity contribution in [2.75, 3.05) is 6.61 Å². The van der Waals surface area contributed by atoms with Crippen LogP contribution in [-0.2, 0) is 14.3 Å². The number of esters is 1. The van der Waals surface area contributed by atoms with Crippen molar-refractivity contribution in [1.29, 1.82) is 0 Å². The van der Waals surface area contributed by atoms with E-state index in [-0.39, 0.29) is 23.1 Å². The van der Waals surface area contributed by atoms with Gasteiger partial charge in [0.1, 0.15) is 0 Å². The van der Waals surface area contributed by atoms with Gasteiger partial charge in [-0.2, -0.15) is 0 Å². The van der Waals surface area contributed by atoms with Crippen molar-refractivity contribution in [2.24, 2.45) is 5.41 Å². The first-order chi connectivity index (χ1) is 11.7. The van der Waals surface area contributed by atoms with Crippen molar-refractivity contribution in [3.05, 3.63) is 43.3 Å². The highest BCUT2D eigenvalue weighted by Gasteiger charge is 2.43. The van der Waals surface area contributed by atoms with Gasteiger partial charge in [0.15, 0.2) is 5.78 Å².